The van der Waals surface area contributed by atoms with Gasteiger partial charge in [-0.15, -0.1) is 11.6 Å². The summed E-state index contributed by atoms with van der Waals surface area (Å²) in [5.41, 5.74) is 1.26. The van der Waals surface area contributed by atoms with Gasteiger partial charge in [0.1, 0.15) is 5.88 Å². The lowest BCUT2D eigenvalue weighted by Crippen LogP contribution is -2.62. The second-order valence-corrected chi connectivity index (χ2v) is 6.65. The van der Waals surface area contributed by atoms with Gasteiger partial charge < -0.3 is 9.64 Å². The van der Waals surface area contributed by atoms with Crippen LogP contribution in [0.2, 0.25) is 0 Å². The third-order valence-electron chi connectivity index (χ3n) is 4.77. The summed E-state index contributed by atoms with van der Waals surface area (Å²) in [6.45, 7) is 6.54. The van der Waals surface area contributed by atoms with E-state index in [1.54, 1.807) is 0 Å². The van der Waals surface area contributed by atoms with Crippen molar-refractivity contribution in [1.82, 2.24) is 14.7 Å². The Labute approximate surface area is 130 Å². The Hall–Kier alpha value is -1.07. The maximum atomic E-state index is 12.1. The molecule has 0 saturated carbocycles. The fourth-order valence-electron chi connectivity index (χ4n) is 3.56. The quantitative estimate of drug-likeness (QED) is 0.805. The summed E-state index contributed by atoms with van der Waals surface area (Å²) in [5.74, 6) is 0.0533. The van der Waals surface area contributed by atoms with Gasteiger partial charge in [-0.25, -0.2) is 0 Å². The van der Waals surface area contributed by atoms with Crippen molar-refractivity contribution in [2.45, 2.75) is 38.8 Å². The van der Waals surface area contributed by atoms with Crippen molar-refractivity contribution in [3.63, 3.8) is 0 Å². The minimum Gasteiger partial charge on any atom is -0.381 e. The molecule has 0 radical (unpaired) electrons. The van der Waals surface area contributed by atoms with E-state index in [9.17, 15) is 4.79 Å². The van der Waals surface area contributed by atoms with Crippen LogP contribution in [0, 0.1) is 5.41 Å². The van der Waals surface area contributed by atoms with Gasteiger partial charge in [0.2, 0.25) is 5.91 Å². The molecule has 2 aliphatic rings. The first-order valence-electron chi connectivity index (χ1n) is 7.54. The maximum absolute atomic E-state index is 12.1. The molecule has 2 fully saturated rings. The van der Waals surface area contributed by atoms with Crippen molar-refractivity contribution in [3.8, 4) is 0 Å². The predicted molar refractivity (Wildman–Crippen MR) is 80.3 cm³/mol. The molecule has 1 spiro atoms. The summed E-state index contributed by atoms with van der Waals surface area (Å²) in [4.78, 5) is 14.0. The molecule has 0 aliphatic carbocycles. The van der Waals surface area contributed by atoms with Crippen LogP contribution >= 0.6 is 11.6 Å². The number of carbonyl (C=O) groups excluding carboxylic acids is 1. The number of likely N-dealkylation sites (tertiary alicyclic amines) is 1. The number of amides is 1. The molecule has 6 heteroatoms. The summed E-state index contributed by atoms with van der Waals surface area (Å²) >= 11 is 5.76. The van der Waals surface area contributed by atoms with Gasteiger partial charge in [-0.3, -0.25) is 9.48 Å². The van der Waals surface area contributed by atoms with Gasteiger partial charge in [0, 0.05) is 43.0 Å². The number of alkyl halides is 1. The standard InChI is InChI=1S/C15H22ClN3O2/c1-11(2)19-9-12(8-17-19)14-15(3-5-21-6-4-15)10-18(14)13(20)7-16/h8-9,11,14H,3-7,10H2,1-2H3. The fourth-order valence-corrected chi connectivity index (χ4v) is 3.72. The molecule has 1 aromatic rings. The highest BCUT2D eigenvalue weighted by molar-refractivity contribution is 6.27. The molecule has 5 nitrogen and oxygen atoms in total. The fraction of sp³-hybridized carbons (Fsp3) is 0.733. The molecule has 116 valence electrons. The third-order valence-corrected chi connectivity index (χ3v) is 5.00. The number of ether oxygens (including phenoxy) is 1. The first-order chi connectivity index (χ1) is 10.1. The smallest absolute Gasteiger partial charge is 0.238 e. The summed E-state index contributed by atoms with van der Waals surface area (Å²) in [6, 6.07) is 0.418. The lowest BCUT2D eigenvalue weighted by Gasteiger charge is -2.58. The summed E-state index contributed by atoms with van der Waals surface area (Å²) in [7, 11) is 0. The van der Waals surface area contributed by atoms with Crippen LogP contribution < -0.4 is 0 Å². The normalized spacial score (nSPS) is 24.4. The van der Waals surface area contributed by atoms with E-state index in [-0.39, 0.29) is 23.2 Å². The van der Waals surface area contributed by atoms with E-state index in [2.05, 4.69) is 25.1 Å². The van der Waals surface area contributed by atoms with E-state index < -0.39 is 0 Å². The van der Waals surface area contributed by atoms with Crippen LogP contribution in [0.1, 0.15) is 44.3 Å². The van der Waals surface area contributed by atoms with Crippen LogP contribution in [0.5, 0.6) is 0 Å². The van der Waals surface area contributed by atoms with Gasteiger partial charge in [-0.05, 0) is 26.7 Å². The van der Waals surface area contributed by atoms with Crippen molar-refractivity contribution in [3.05, 3.63) is 18.0 Å². The number of hydrogen-bond donors (Lipinski definition) is 0. The number of rotatable bonds is 3. The van der Waals surface area contributed by atoms with Gasteiger partial charge in [-0.2, -0.15) is 5.10 Å². The highest BCUT2D eigenvalue weighted by atomic mass is 35.5. The number of hydrogen-bond acceptors (Lipinski definition) is 3. The van der Waals surface area contributed by atoms with Crippen LogP contribution in [0.15, 0.2) is 12.4 Å². The average molecular weight is 312 g/mol. The third kappa shape index (κ3) is 2.46. The highest BCUT2D eigenvalue weighted by Crippen LogP contribution is 2.54. The van der Waals surface area contributed by atoms with Crippen molar-refractivity contribution in [1.29, 1.82) is 0 Å². The van der Waals surface area contributed by atoms with E-state index in [4.69, 9.17) is 16.3 Å². The Bertz CT molecular complexity index is 523. The zero-order valence-corrected chi connectivity index (χ0v) is 13.3. The van der Waals surface area contributed by atoms with E-state index in [1.807, 2.05) is 15.8 Å². The zero-order chi connectivity index (χ0) is 15.0. The number of halogens is 1. The van der Waals surface area contributed by atoms with E-state index in [1.165, 1.54) is 0 Å². The molecule has 2 saturated heterocycles. The summed E-state index contributed by atoms with van der Waals surface area (Å²) < 4.78 is 7.45. The van der Waals surface area contributed by atoms with Crippen molar-refractivity contribution in [2.24, 2.45) is 5.41 Å². The number of carbonyl (C=O) groups is 1. The number of nitrogens with zero attached hydrogens (tertiary/aromatic N) is 3. The first-order valence-corrected chi connectivity index (χ1v) is 8.08. The lowest BCUT2D eigenvalue weighted by atomic mass is 9.64. The molecule has 3 heterocycles. The molecule has 0 N–H and O–H groups in total. The Morgan fingerprint density at radius 1 is 1.52 bits per heavy atom. The molecule has 1 atom stereocenters. The molecule has 1 amide bonds. The largest absolute Gasteiger partial charge is 0.381 e. The molecule has 0 aromatic carbocycles. The Morgan fingerprint density at radius 2 is 2.24 bits per heavy atom. The minimum atomic E-state index is 0.0103. The van der Waals surface area contributed by atoms with Crippen LogP contribution in [-0.2, 0) is 9.53 Å². The van der Waals surface area contributed by atoms with Crippen LogP contribution in [0.4, 0.5) is 0 Å². The van der Waals surface area contributed by atoms with Crippen LogP contribution in [0.3, 0.4) is 0 Å². The molecule has 1 aromatic heterocycles. The first kappa shape index (κ1) is 14.9. The molecule has 21 heavy (non-hydrogen) atoms. The summed E-state index contributed by atoms with van der Waals surface area (Å²) in [6.07, 6.45) is 5.96. The molecular formula is C15H22ClN3O2. The monoisotopic (exact) mass is 311 g/mol. The maximum Gasteiger partial charge on any atom is 0.238 e. The SMILES string of the molecule is CC(C)n1cc(C2N(C(=O)CCl)CC23CCOCC3)cn1. The Balaban J connectivity index is 1.89. The van der Waals surface area contributed by atoms with E-state index in [0.717, 1.165) is 38.2 Å². The van der Waals surface area contributed by atoms with Crippen molar-refractivity contribution in [2.75, 3.05) is 25.6 Å². The van der Waals surface area contributed by atoms with Crippen LogP contribution in [0.25, 0.3) is 0 Å². The van der Waals surface area contributed by atoms with Gasteiger partial charge in [0.25, 0.3) is 0 Å². The van der Waals surface area contributed by atoms with Gasteiger partial charge in [0.05, 0.1) is 12.2 Å². The Kier molecular flexibility index (Phi) is 3.97. The van der Waals surface area contributed by atoms with Crippen molar-refractivity contribution < 1.29 is 9.53 Å². The minimum absolute atomic E-state index is 0.0103. The molecule has 3 rings (SSSR count). The average Bonchev–Trinajstić information content (AvgIpc) is 2.94. The molecule has 0 bridgehead atoms. The van der Waals surface area contributed by atoms with Gasteiger partial charge in [-0.1, -0.05) is 0 Å². The Morgan fingerprint density at radius 3 is 2.81 bits per heavy atom. The highest BCUT2D eigenvalue weighted by Gasteiger charge is 2.55. The van der Waals surface area contributed by atoms with E-state index in [0.29, 0.717) is 6.04 Å². The molecular weight excluding hydrogens is 290 g/mol. The van der Waals surface area contributed by atoms with Gasteiger partial charge in [0.15, 0.2) is 0 Å². The topological polar surface area (TPSA) is 47.4 Å². The van der Waals surface area contributed by atoms with Crippen LogP contribution in [-0.4, -0.2) is 46.2 Å². The number of aromatic nitrogens is 2. The second kappa shape index (κ2) is 5.61. The zero-order valence-electron chi connectivity index (χ0n) is 12.6. The molecule has 1 unspecified atom stereocenters. The lowest BCUT2D eigenvalue weighted by molar-refractivity contribution is -0.166. The van der Waals surface area contributed by atoms with Gasteiger partial charge >= 0.3 is 0 Å². The van der Waals surface area contributed by atoms with E-state index >= 15 is 0 Å². The molecule has 2 aliphatic heterocycles. The predicted octanol–water partition coefficient (Wildman–Crippen LogP) is 2.38. The van der Waals surface area contributed by atoms with Crippen molar-refractivity contribution >= 4 is 17.5 Å². The second-order valence-electron chi connectivity index (χ2n) is 6.38. The summed E-state index contributed by atoms with van der Waals surface area (Å²) in [5, 5.41) is 4.43.